The van der Waals surface area contributed by atoms with Crippen LogP contribution in [-0.4, -0.2) is 19.5 Å². The molecule has 2 nitrogen and oxygen atoms in total. The first-order valence-electron chi connectivity index (χ1n) is 4.61. The Labute approximate surface area is 86.3 Å². The van der Waals surface area contributed by atoms with E-state index in [4.69, 9.17) is 5.73 Å². The number of benzene rings is 1. The summed E-state index contributed by atoms with van der Waals surface area (Å²) in [6, 6.07) is 5.43. The van der Waals surface area contributed by atoms with Gasteiger partial charge in [-0.1, -0.05) is 18.2 Å². The van der Waals surface area contributed by atoms with Crippen molar-refractivity contribution in [1.29, 1.82) is 0 Å². The molecule has 1 atom stereocenters. The van der Waals surface area contributed by atoms with Crippen molar-refractivity contribution >= 4 is 0 Å². The van der Waals surface area contributed by atoms with Gasteiger partial charge in [0.05, 0.1) is 6.54 Å². The molecule has 0 saturated carbocycles. The van der Waals surface area contributed by atoms with Crippen molar-refractivity contribution in [1.82, 2.24) is 5.32 Å². The van der Waals surface area contributed by atoms with E-state index < -0.39 is 24.8 Å². The molecular formula is C10H13F3N2. The molecule has 5 heteroatoms. The minimum Gasteiger partial charge on any atom is -0.329 e. The van der Waals surface area contributed by atoms with Gasteiger partial charge in [0.2, 0.25) is 0 Å². The molecule has 0 amide bonds. The monoisotopic (exact) mass is 218 g/mol. The maximum Gasteiger partial charge on any atom is 0.250 e. The second kappa shape index (κ2) is 5.72. The highest BCUT2D eigenvalue weighted by molar-refractivity contribution is 5.21. The lowest BCUT2D eigenvalue weighted by Gasteiger charge is -2.17. The molecule has 0 fully saturated rings. The Balaban J connectivity index is 2.70. The van der Waals surface area contributed by atoms with Gasteiger partial charge in [-0.3, -0.25) is 0 Å². The van der Waals surface area contributed by atoms with Crippen molar-refractivity contribution in [2.45, 2.75) is 12.5 Å². The predicted octanol–water partition coefficient (Wildman–Crippen LogP) is 1.68. The minimum absolute atomic E-state index is 0.0770. The summed E-state index contributed by atoms with van der Waals surface area (Å²) < 4.78 is 37.2. The third-order valence-electron chi connectivity index (χ3n) is 2.03. The Bertz CT molecular complexity index is 304. The third kappa shape index (κ3) is 3.53. The molecule has 15 heavy (non-hydrogen) atoms. The predicted molar refractivity (Wildman–Crippen MR) is 52.2 cm³/mol. The number of hydrogen-bond donors (Lipinski definition) is 2. The van der Waals surface area contributed by atoms with Crippen LogP contribution in [0.2, 0.25) is 0 Å². The second-order valence-electron chi connectivity index (χ2n) is 3.11. The van der Waals surface area contributed by atoms with Crippen LogP contribution in [-0.2, 0) is 0 Å². The Kier molecular flexibility index (Phi) is 4.58. The molecule has 0 spiro atoms. The van der Waals surface area contributed by atoms with Gasteiger partial charge in [-0.2, -0.15) is 0 Å². The lowest BCUT2D eigenvalue weighted by atomic mass is 10.1. The summed E-state index contributed by atoms with van der Waals surface area (Å²) in [5.74, 6) is -0.435. The summed E-state index contributed by atoms with van der Waals surface area (Å²) >= 11 is 0. The molecule has 0 aliphatic rings. The fourth-order valence-corrected chi connectivity index (χ4v) is 1.31. The van der Waals surface area contributed by atoms with Crippen molar-refractivity contribution in [3.63, 3.8) is 0 Å². The van der Waals surface area contributed by atoms with E-state index >= 15 is 0 Å². The van der Waals surface area contributed by atoms with Crippen molar-refractivity contribution in [3.8, 4) is 0 Å². The molecule has 1 unspecified atom stereocenters. The Hall–Kier alpha value is -1.07. The topological polar surface area (TPSA) is 38.0 Å². The van der Waals surface area contributed by atoms with Crippen molar-refractivity contribution in [2.24, 2.45) is 5.73 Å². The molecule has 0 bridgehead atoms. The van der Waals surface area contributed by atoms with Crippen molar-refractivity contribution in [3.05, 3.63) is 35.6 Å². The lowest BCUT2D eigenvalue weighted by Crippen LogP contribution is -2.32. The van der Waals surface area contributed by atoms with Crippen LogP contribution in [0.5, 0.6) is 0 Å². The van der Waals surface area contributed by atoms with Crippen LogP contribution in [0.25, 0.3) is 0 Å². The number of nitrogens with two attached hydrogens (primary N) is 1. The number of hydrogen-bond acceptors (Lipinski definition) is 2. The molecule has 0 aromatic heterocycles. The van der Waals surface area contributed by atoms with Crippen LogP contribution in [0, 0.1) is 5.82 Å². The fourth-order valence-electron chi connectivity index (χ4n) is 1.31. The van der Waals surface area contributed by atoms with Gasteiger partial charge < -0.3 is 11.1 Å². The first kappa shape index (κ1) is 12.0. The van der Waals surface area contributed by atoms with E-state index in [1.54, 1.807) is 12.1 Å². The molecule has 1 aromatic rings. The number of halogens is 3. The SMILES string of the molecule is NCC(NCC(F)F)c1ccccc1F. The van der Waals surface area contributed by atoms with E-state index in [1.807, 2.05) is 0 Å². The Morgan fingerprint density at radius 2 is 1.93 bits per heavy atom. The highest BCUT2D eigenvalue weighted by Crippen LogP contribution is 2.15. The van der Waals surface area contributed by atoms with Crippen LogP contribution in [0.15, 0.2) is 24.3 Å². The number of nitrogens with one attached hydrogen (secondary N) is 1. The second-order valence-corrected chi connectivity index (χ2v) is 3.11. The summed E-state index contributed by atoms with van der Waals surface area (Å²) in [4.78, 5) is 0. The van der Waals surface area contributed by atoms with Gasteiger partial charge in [-0.25, -0.2) is 13.2 Å². The summed E-state index contributed by atoms with van der Waals surface area (Å²) in [7, 11) is 0. The van der Waals surface area contributed by atoms with Gasteiger partial charge in [-0.05, 0) is 6.07 Å². The fraction of sp³-hybridized carbons (Fsp3) is 0.400. The Morgan fingerprint density at radius 3 is 2.47 bits per heavy atom. The molecule has 1 rings (SSSR count). The summed E-state index contributed by atoms with van der Waals surface area (Å²) in [5, 5.41) is 2.51. The molecule has 84 valence electrons. The average molecular weight is 218 g/mol. The zero-order chi connectivity index (χ0) is 11.3. The summed E-state index contributed by atoms with van der Waals surface area (Å²) in [6.07, 6.45) is -2.47. The molecule has 0 saturated heterocycles. The van der Waals surface area contributed by atoms with Gasteiger partial charge >= 0.3 is 0 Å². The number of rotatable bonds is 5. The van der Waals surface area contributed by atoms with Crippen LogP contribution >= 0.6 is 0 Å². The zero-order valence-electron chi connectivity index (χ0n) is 8.09. The van der Waals surface area contributed by atoms with E-state index in [-0.39, 0.29) is 6.54 Å². The normalized spacial score (nSPS) is 13.1. The van der Waals surface area contributed by atoms with Crippen LogP contribution in [0.3, 0.4) is 0 Å². The molecule has 3 N–H and O–H groups in total. The van der Waals surface area contributed by atoms with Gasteiger partial charge in [0.25, 0.3) is 6.43 Å². The maximum atomic E-state index is 13.3. The van der Waals surface area contributed by atoms with Gasteiger partial charge in [0, 0.05) is 18.2 Å². The lowest BCUT2D eigenvalue weighted by molar-refractivity contribution is 0.141. The summed E-state index contributed by atoms with van der Waals surface area (Å²) in [6.45, 7) is -0.413. The van der Waals surface area contributed by atoms with Gasteiger partial charge in [0.15, 0.2) is 0 Å². The van der Waals surface area contributed by atoms with Crippen LogP contribution < -0.4 is 11.1 Å². The van der Waals surface area contributed by atoms with Crippen molar-refractivity contribution < 1.29 is 13.2 Å². The third-order valence-corrected chi connectivity index (χ3v) is 2.03. The van der Waals surface area contributed by atoms with E-state index in [2.05, 4.69) is 5.32 Å². The molecule has 1 aromatic carbocycles. The molecule has 0 aliphatic heterocycles. The summed E-state index contributed by atoms with van der Waals surface area (Å²) in [5.41, 5.74) is 5.71. The quantitative estimate of drug-likeness (QED) is 0.789. The minimum atomic E-state index is -2.47. The zero-order valence-corrected chi connectivity index (χ0v) is 8.09. The maximum absolute atomic E-state index is 13.3. The van der Waals surface area contributed by atoms with Crippen molar-refractivity contribution in [2.75, 3.05) is 13.1 Å². The van der Waals surface area contributed by atoms with Crippen LogP contribution in [0.1, 0.15) is 11.6 Å². The van der Waals surface area contributed by atoms with E-state index in [1.165, 1.54) is 12.1 Å². The highest BCUT2D eigenvalue weighted by atomic mass is 19.3. The van der Waals surface area contributed by atoms with E-state index in [9.17, 15) is 13.2 Å². The largest absolute Gasteiger partial charge is 0.329 e. The molecule has 0 radical (unpaired) electrons. The molecular weight excluding hydrogens is 205 g/mol. The van der Waals surface area contributed by atoms with Gasteiger partial charge in [0.1, 0.15) is 5.82 Å². The first-order chi connectivity index (χ1) is 7.15. The average Bonchev–Trinajstić information content (AvgIpc) is 2.21. The first-order valence-corrected chi connectivity index (χ1v) is 4.61. The van der Waals surface area contributed by atoms with E-state index in [0.717, 1.165) is 0 Å². The van der Waals surface area contributed by atoms with E-state index in [0.29, 0.717) is 5.56 Å². The standard InChI is InChI=1S/C10H13F3N2/c11-8-4-2-1-3-7(8)9(5-14)15-6-10(12)13/h1-4,9-10,15H,5-6,14H2. The molecule has 0 heterocycles. The highest BCUT2D eigenvalue weighted by Gasteiger charge is 2.14. The van der Waals surface area contributed by atoms with Crippen LogP contribution in [0.4, 0.5) is 13.2 Å². The number of alkyl halides is 2. The smallest absolute Gasteiger partial charge is 0.250 e. The molecule has 0 aliphatic carbocycles. The van der Waals surface area contributed by atoms with Gasteiger partial charge in [-0.15, -0.1) is 0 Å². The Morgan fingerprint density at radius 1 is 1.27 bits per heavy atom.